The van der Waals surface area contributed by atoms with Gasteiger partial charge in [0.1, 0.15) is 53.8 Å². The van der Waals surface area contributed by atoms with Crippen molar-refractivity contribution in [1.82, 2.24) is 9.30 Å². The second kappa shape index (κ2) is 12.8. The van der Waals surface area contributed by atoms with Crippen LogP contribution >= 0.6 is 0 Å². The minimum atomic E-state index is -5.07. The number of benzene rings is 3. The number of aliphatic hydroxyl groups is 4. The van der Waals surface area contributed by atoms with Crippen LogP contribution < -0.4 is 29.5 Å². The number of hydrogen-bond acceptors (Lipinski definition) is 11. The lowest BCUT2D eigenvalue weighted by molar-refractivity contribution is -0.251. The van der Waals surface area contributed by atoms with Gasteiger partial charge in [-0.2, -0.15) is 8.42 Å². The maximum atomic E-state index is 13.7. The zero-order valence-electron chi connectivity index (χ0n) is 28.9. The third kappa shape index (κ3) is 5.64. The molecular formula is C37H42N3O11S2+. The number of ether oxygens (including phenoxy) is 2. The van der Waals surface area contributed by atoms with Gasteiger partial charge in [-0.05, 0) is 68.4 Å². The van der Waals surface area contributed by atoms with Crippen LogP contribution in [0.5, 0.6) is 11.5 Å². The Balaban J connectivity index is 1.27. The highest BCUT2D eigenvalue weighted by Gasteiger charge is 2.46. The fourth-order valence-corrected chi connectivity index (χ4v) is 11.4. The van der Waals surface area contributed by atoms with Gasteiger partial charge in [0.2, 0.25) is 15.4 Å². The van der Waals surface area contributed by atoms with E-state index in [0.717, 1.165) is 106 Å². The van der Waals surface area contributed by atoms with Gasteiger partial charge < -0.3 is 34.8 Å². The summed E-state index contributed by atoms with van der Waals surface area (Å²) in [5, 5.41) is 42.7. The van der Waals surface area contributed by atoms with E-state index < -0.39 is 67.2 Å². The lowest BCUT2D eigenvalue weighted by Crippen LogP contribution is -2.64. The van der Waals surface area contributed by atoms with Crippen LogP contribution in [-0.2, 0) is 50.6 Å². The molecule has 282 valence electrons. The SMILES string of the molecule is O=S(=O)(O)c1cc(S(=O)(=O)N[C@H]2C(O)O[C@H](CO)[C@@H](O)[C@@H]2O)ccc1C1=c2cc3c4c(c2Oc2c1cc1c5c2CCCN5CCC1)CCC[N+]=4CCC3. The molecule has 16 heteroatoms. The van der Waals surface area contributed by atoms with Crippen molar-refractivity contribution in [2.45, 2.75) is 91.8 Å². The molecule has 0 saturated carbocycles. The monoisotopic (exact) mass is 768 g/mol. The van der Waals surface area contributed by atoms with Crippen molar-refractivity contribution >= 4 is 31.4 Å². The topological polar surface area (TPSA) is 206 Å². The first kappa shape index (κ1) is 35.3. The summed E-state index contributed by atoms with van der Waals surface area (Å²) in [7, 11) is -9.78. The summed E-state index contributed by atoms with van der Waals surface area (Å²) in [4.78, 5) is 1.18. The van der Waals surface area contributed by atoms with Gasteiger partial charge in [-0.3, -0.25) is 4.55 Å². The zero-order valence-corrected chi connectivity index (χ0v) is 30.5. The molecule has 0 amide bonds. The van der Waals surface area contributed by atoms with Crippen molar-refractivity contribution in [3.05, 3.63) is 74.3 Å². The summed E-state index contributed by atoms with van der Waals surface area (Å²) in [6.45, 7) is 3.03. The van der Waals surface area contributed by atoms with Gasteiger partial charge >= 0.3 is 0 Å². The van der Waals surface area contributed by atoms with Crippen LogP contribution in [0.15, 0.2) is 40.1 Å². The molecule has 0 aromatic heterocycles. The molecule has 14 nitrogen and oxygen atoms in total. The standard InChI is InChI=1S/C37H41N3O11S2/c41-18-27-33(42)34(43)30(37(44)50-27)38-52(45,46)21-9-10-22(28(17-21)53(47,48)49)29-25-15-19-5-1-11-39-13-3-7-23(31(19)39)35(25)51-36-24-8-4-14-40-12-2-6-20(32(24)40)16-26(29)36/h9-10,15-17,27,30,33-34,37-38,41-44H,1-8,11-14,18H2/p+1/t27-,30-,33-,34-,37?/m1/s1. The minimum Gasteiger partial charge on any atom is -0.455 e. The van der Waals surface area contributed by atoms with Crippen LogP contribution in [0.4, 0.5) is 5.69 Å². The number of rotatable bonds is 6. The number of sulfonamides is 1. The largest absolute Gasteiger partial charge is 0.455 e. The predicted octanol–water partition coefficient (Wildman–Crippen LogP) is -0.553. The van der Waals surface area contributed by atoms with Gasteiger partial charge in [0.05, 0.1) is 17.1 Å². The number of anilines is 1. The van der Waals surface area contributed by atoms with E-state index in [1.165, 1.54) is 23.2 Å². The Labute approximate surface area is 306 Å². The molecule has 6 aliphatic heterocycles. The van der Waals surface area contributed by atoms with Crippen molar-refractivity contribution in [2.24, 2.45) is 0 Å². The van der Waals surface area contributed by atoms with E-state index in [0.29, 0.717) is 27.9 Å². The van der Waals surface area contributed by atoms with E-state index in [1.54, 1.807) is 0 Å². The van der Waals surface area contributed by atoms with Gasteiger partial charge in [-0.25, -0.2) is 17.7 Å². The highest BCUT2D eigenvalue weighted by Crippen LogP contribution is 2.49. The summed E-state index contributed by atoms with van der Waals surface area (Å²) in [5.74, 6) is 1.31. The fraction of sp³-hybridized carbons (Fsp3) is 0.486. The molecule has 1 saturated heterocycles. The maximum absolute atomic E-state index is 13.7. The molecule has 0 radical (unpaired) electrons. The molecular weight excluding hydrogens is 727 g/mol. The van der Waals surface area contributed by atoms with Gasteiger partial charge in [0.15, 0.2) is 6.29 Å². The van der Waals surface area contributed by atoms with E-state index >= 15 is 0 Å². The second-order valence-corrected chi connectivity index (χ2v) is 18.0. The van der Waals surface area contributed by atoms with Crippen LogP contribution in [0.2, 0.25) is 0 Å². The molecule has 53 heavy (non-hydrogen) atoms. The zero-order chi connectivity index (χ0) is 37.0. The van der Waals surface area contributed by atoms with Crippen LogP contribution in [0.25, 0.3) is 5.57 Å². The Morgan fingerprint density at radius 2 is 1.55 bits per heavy atom. The van der Waals surface area contributed by atoms with Crippen LogP contribution in [0, 0.1) is 0 Å². The normalized spacial score (nSPS) is 26.3. The van der Waals surface area contributed by atoms with E-state index in [4.69, 9.17) is 9.47 Å². The minimum absolute atomic E-state index is 0.103. The van der Waals surface area contributed by atoms with Gasteiger partial charge in [-0.15, -0.1) is 0 Å². The fourth-order valence-electron chi connectivity index (χ4n) is 9.36. The lowest BCUT2D eigenvalue weighted by Gasteiger charge is -2.40. The van der Waals surface area contributed by atoms with Crippen molar-refractivity contribution in [1.29, 1.82) is 0 Å². The summed E-state index contributed by atoms with van der Waals surface area (Å²) >= 11 is 0. The molecule has 6 aliphatic rings. The van der Waals surface area contributed by atoms with Crippen LogP contribution in [0.1, 0.15) is 59.1 Å². The van der Waals surface area contributed by atoms with E-state index in [2.05, 4.69) is 26.3 Å². The van der Waals surface area contributed by atoms with E-state index in [-0.39, 0.29) is 5.56 Å². The van der Waals surface area contributed by atoms with Crippen LogP contribution in [-0.4, -0.2) is 105 Å². The van der Waals surface area contributed by atoms with Crippen LogP contribution in [0.3, 0.4) is 0 Å². The molecule has 0 bridgehead atoms. The smallest absolute Gasteiger partial charge is 0.295 e. The number of aliphatic hydroxyl groups excluding tert-OH is 4. The molecule has 6 N–H and O–H groups in total. The van der Waals surface area contributed by atoms with Crippen molar-refractivity contribution in [3.8, 4) is 11.5 Å². The molecule has 0 spiro atoms. The quantitative estimate of drug-likeness (QED) is 0.108. The number of fused-ring (bicyclic) bond motifs is 4. The summed E-state index contributed by atoms with van der Waals surface area (Å²) in [6, 6.07) is 5.80. The first-order chi connectivity index (χ1) is 25.4. The Morgan fingerprint density at radius 3 is 2.30 bits per heavy atom. The van der Waals surface area contributed by atoms with E-state index in [9.17, 15) is 41.8 Å². The van der Waals surface area contributed by atoms with Crippen molar-refractivity contribution in [3.63, 3.8) is 0 Å². The van der Waals surface area contributed by atoms with Gasteiger partial charge in [-0.1, -0.05) is 6.07 Å². The third-order valence-corrected chi connectivity index (χ3v) is 14.0. The molecule has 1 fully saturated rings. The molecule has 1 unspecified atom stereocenters. The van der Waals surface area contributed by atoms with Gasteiger partial charge in [0, 0.05) is 64.7 Å². The second-order valence-electron chi connectivity index (χ2n) is 14.9. The first-order valence-electron chi connectivity index (χ1n) is 18.2. The molecule has 5 atom stereocenters. The predicted molar refractivity (Wildman–Crippen MR) is 191 cm³/mol. The summed E-state index contributed by atoms with van der Waals surface area (Å²) in [6.07, 6.45) is 0.112. The van der Waals surface area contributed by atoms with Crippen molar-refractivity contribution in [2.75, 3.05) is 37.7 Å². The average molecular weight is 769 g/mol. The summed E-state index contributed by atoms with van der Waals surface area (Å²) in [5.41, 5.74) is 6.89. The van der Waals surface area contributed by atoms with Crippen molar-refractivity contribution < 1.29 is 51.3 Å². The highest BCUT2D eigenvalue weighted by atomic mass is 32.2. The number of hydrogen-bond donors (Lipinski definition) is 6. The Hall–Kier alpha value is -3.45. The highest BCUT2D eigenvalue weighted by molar-refractivity contribution is 7.89. The first-order valence-corrected chi connectivity index (χ1v) is 21.2. The molecule has 9 rings (SSSR count). The lowest BCUT2D eigenvalue weighted by atomic mass is 9.82. The molecule has 0 aliphatic carbocycles. The summed E-state index contributed by atoms with van der Waals surface area (Å²) < 4.78 is 81.6. The third-order valence-electron chi connectivity index (χ3n) is 11.7. The molecule has 3 aromatic carbocycles. The Morgan fingerprint density at radius 1 is 0.830 bits per heavy atom. The Bertz CT molecular complexity index is 2410. The molecule has 6 heterocycles. The number of nitrogens with zero attached hydrogens (tertiary/aromatic N) is 2. The number of aryl methyl sites for hydroxylation is 2. The van der Waals surface area contributed by atoms with E-state index in [1.807, 2.05) is 0 Å². The van der Waals surface area contributed by atoms with Gasteiger partial charge in [0.25, 0.3) is 10.1 Å². The molecule has 3 aromatic rings. The maximum Gasteiger partial charge on any atom is 0.295 e. The average Bonchev–Trinajstić information content (AvgIpc) is 3.14. The Kier molecular flexibility index (Phi) is 8.53. The number of nitrogens with one attached hydrogen (secondary N) is 1.